The molecule has 4 nitrogen and oxygen atoms in total. The first-order valence-electron chi connectivity index (χ1n) is 5.81. The summed E-state index contributed by atoms with van der Waals surface area (Å²) in [5.41, 5.74) is 0.590. The Hall–Kier alpha value is -1.45. The van der Waals surface area contributed by atoms with Crippen molar-refractivity contribution in [1.82, 2.24) is 9.97 Å². The van der Waals surface area contributed by atoms with Crippen LogP contribution in [0.5, 0.6) is 0 Å². The van der Waals surface area contributed by atoms with Crippen molar-refractivity contribution >= 4 is 5.97 Å². The van der Waals surface area contributed by atoms with Crippen LogP contribution in [0.4, 0.5) is 0 Å². The zero-order valence-electron chi connectivity index (χ0n) is 11.2. The van der Waals surface area contributed by atoms with Crippen molar-refractivity contribution in [3.05, 3.63) is 23.8 Å². The summed E-state index contributed by atoms with van der Waals surface area (Å²) < 4.78 is 5.12. The Labute approximate surface area is 102 Å². The molecule has 0 saturated heterocycles. The second-order valence-corrected chi connectivity index (χ2v) is 5.11. The van der Waals surface area contributed by atoms with Crippen molar-refractivity contribution in [1.29, 1.82) is 0 Å². The van der Waals surface area contributed by atoms with E-state index >= 15 is 0 Å². The van der Waals surface area contributed by atoms with Gasteiger partial charge in [0, 0.05) is 18.0 Å². The Morgan fingerprint density at radius 2 is 1.88 bits per heavy atom. The monoisotopic (exact) mass is 236 g/mol. The molecule has 0 aliphatic heterocycles. The van der Waals surface area contributed by atoms with Crippen LogP contribution in [0.2, 0.25) is 0 Å². The number of carbonyl (C=O) groups is 1. The zero-order valence-corrected chi connectivity index (χ0v) is 11.2. The predicted octanol–water partition coefficient (Wildman–Crippen LogP) is 2.48. The predicted molar refractivity (Wildman–Crippen MR) is 65.6 cm³/mol. The van der Waals surface area contributed by atoms with Crippen molar-refractivity contribution < 1.29 is 9.53 Å². The highest BCUT2D eigenvalue weighted by molar-refractivity contribution is 5.78. The largest absolute Gasteiger partial charge is 0.466 e. The second kappa shape index (κ2) is 5.25. The normalized spacial score (nSPS) is 13.2. The highest BCUT2D eigenvalue weighted by Gasteiger charge is 2.34. The number of rotatable bonds is 3. The number of hydrogen-bond acceptors (Lipinski definition) is 4. The van der Waals surface area contributed by atoms with E-state index in [0.29, 0.717) is 12.4 Å². The van der Waals surface area contributed by atoms with Crippen molar-refractivity contribution in [3.63, 3.8) is 0 Å². The molecule has 0 saturated carbocycles. The molecular weight excluding hydrogens is 216 g/mol. The maximum Gasteiger partial charge on any atom is 0.314 e. The summed E-state index contributed by atoms with van der Waals surface area (Å²) in [6, 6.07) is 0. The molecule has 0 radical (unpaired) electrons. The maximum atomic E-state index is 12.0. The van der Waals surface area contributed by atoms with E-state index in [1.54, 1.807) is 12.4 Å². The first kappa shape index (κ1) is 13.6. The summed E-state index contributed by atoms with van der Waals surface area (Å²) in [6.07, 6.45) is 3.41. The third-order valence-electron chi connectivity index (χ3n) is 2.52. The Morgan fingerprint density at radius 1 is 1.35 bits per heavy atom. The maximum absolute atomic E-state index is 12.0. The highest BCUT2D eigenvalue weighted by Crippen LogP contribution is 2.35. The van der Waals surface area contributed by atoms with Crippen molar-refractivity contribution in [2.24, 2.45) is 5.41 Å². The number of nitrogens with zero attached hydrogens (tertiary/aromatic N) is 2. The van der Waals surface area contributed by atoms with E-state index in [9.17, 15) is 4.79 Å². The number of ether oxygens (including phenoxy) is 1. The molecule has 1 heterocycles. The fourth-order valence-corrected chi connectivity index (χ4v) is 1.77. The van der Waals surface area contributed by atoms with Gasteiger partial charge < -0.3 is 4.74 Å². The van der Waals surface area contributed by atoms with Gasteiger partial charge in [-0.25, -0.2) is 9.97 Å². The van der Waals surface area contributed by atoms with E-state index < -0.39 is 0 Å². The highest BCUT2D eigenvalue weighted by atomic mass is 16.5. The minimum atomic E-state index is -0.331. The van der Waals surface area contributed by atoms with Gasteiger partial charge in [0.25, 0.3) is 0 Å². The standard InChI is InChI=1S/C13H20N2O2/c1-6-17-12(16)11(13(3,4)5)10-7-14-9(2)15-8-10/h7-8,11H,6H2,1-5H3. The third-order valence-corrected chi connectivity index (χ3v) is 2.52. The summed E-state index contributed by atoms with van der Waals surface area (Å²) in [7, 11) is 0. The molecule has 1 rings (SSSR count). The lowest BCUT2D eigenvalue weighted by Gasteiger charge is -2.28. The number of esters is 1. The summed E-state index contributed by atoms with van der Waals surface area (Å²) >= 11 is 0. The van der Waals surface area contributed by atoms with Gasteiger partial charge >= 0.3 is 5.97 Å². The topological polar surface area (TPSA) is 52.1 Å². The molecule has 0 amide bonds. The Morgan fingerprint density at radius 3 is 2.29 bits per heavy atom. The van der Waals surface area contributed by atoms with E-state index in [1.165, 1.54) is 0 Å². The van der Waals surface area contributed by atoms with Gasteiger partial charge in [-0.05, 0) is 19.3 Å². The van der Waals surface area contributed by atoms with Crippen molar-refractivity contribution in [3.8, 4) is 0 Å². The average Bonchev–Trinajstić information content (AvgIpc) is 2.19. The molecule has 0 spiro atoms. The van der Waals surface area contributed by atoms with Crippen LogP contribution >= 0.6 is 0 Å². The van der Waals surface area contributed by atoms with Gasteiger partial charge in [0.1, 0.15) is 5.82 Å². The average molecular weight is 236 g/mol. The summed E-state index contributed by atoms with van der Waals surface area (Å²) in [5, 5.41) is 0. The molecule has 1 aromatic rings. The molecular formula is C13H20N2O2. The van der Waals surface area contributed by atoms with Crippen LogP contribution in [0.1, 0.15) is 45.0 Å². The fourth-order valence-electron chi connectivity index (χ4n) is 1.77. The van der Waals surface area contributed by atoms with Crippen LogP contribution in [0, 0.1) is 12.3 Å². The van der Waals surface area contributed by atoms with Crippen LogP contribution in [0.15, 0.2) is 12.4 Å². The van der Waals surface area contributed by atoms with Gasteiger partial charge in [0.2, 0.25) is 0 Å². The van der Waals surface area contributed by atoms with Crippen LogP contribution in [0.25, 0.3) is 0 Å². The van der Waals surface area contributed by atoms with Gasteiger partial charge in [0.15, 0.2) is 0 Å². The van der Waals surface area contributed by atoms with E-state index in [0.717, 1.165) is 5.56 Å². The smallest absolute Gasteiger partial charge is 0.314 e. The SMILES string of the molecule is CCOC(=O)C(c1cnc(C)nc1)C(C)(C)C. The lowest BCUT2D eigenvalue weighted by atomic mass is 9.77. The Kier molecular flexibility index (Phi) is 4.21. The molecule has 4 heteroatoms. The fraction of sp³-hybridized carbons (Fsp3) is 0.615. The van der Waals surface area contributed by atoms with Crippen LogP contribution in [-0.4, -0.2) is 22.5 Å². The van der Waals surface area contributed by atoms with Gasteiger partial charge in [-0.3, -0.25) is 4.79 Å². The van der Waals surface area contributed by atoms with E-state index in [1.807, 2.05) is 34.6 Å². The Bertz CT molecular complexity index is 379. The number of hydrogen-bond donors (Lipinski definition) is 0. The Balaban J connectivity index is 3.07. The minimum Gasteiger partial charge on any atom is -0.466 e. The summed E-state index contributed by atoms with van der Waals surface area (Å²) in [4.78, 5) is 20.3. The first-order valence-corrected chi connectivity index (χ1v) is 5.81. The molecule has 0 fully saturated rings. The van der Waals surface area contributed by atoms with Crippen LogP contribution < -0.4 is 0 Å². The van der Waals surface area contributed by atoms with Crippen molar-refractivity contribution in [2.75, 3.05) is 6.61 Å². The van der Waals surface area contributed by atoms with Crippen LogP contribution in [0.3, 0.4) is 0 Å². The lowest BCUT2D eigenvalue weighted by Crippen LogP contribution is -2.28. The molecule has 94 valence electrons. The molecule has 17 heavy (non-hydrogen) atoms. The van der Waals surface area contributed by atoms with Gasteiger partial charge in [0.05, 0.1) is 12.5 Å². The molecule has 0 N–H and O–H groups in total. The molecule has 0 aromatic carbocycles. The quantitative estimate of drug-likeness (QED) is 0.756. The van der Waals surface area contributed by atoms with Gasteiger partial charge in [-0.2, -0.15) is 0 Å². The van der Waals surface area contributed by atoms with Crippen molar-refractivity contribution in [2.45, 2.75) is 40.5 Å². The van der Waals surface area contributed by atoms with E-state index in [2.05, 4.69) is 9.97 Å². The van der Waals surface area contributed by atoms with E-state index in [-0.39, 0.29) is 17.3 Å². The summed E-state index contributed by atoms with van der Waals surface area (Å²) in [6.45, 7) is 10.0. The van der Waals surface area contributed by atoms with E-state index in [4.69, 9.17) is 4.74 Å². The first-order chi connectivity index (χ1) is 7.86. The molecule has 0 bridgehead atoms. The molecule has 1 aromatic heterocycles. The molecule has 1 atom stereocenters. The number of carbonyl (C=O) groups excluding carboxylic acids is 1. The van der Waals surface area contributed by atoms with Gasteiger partial charge in [-0.15, -0.1) is 0 Å². The van der Waals surface area contributed by atoms with Gasteiger partial charge in [-0.1, -0.05) is 20.8 Å². The second-order valence-electron chi connectivity index (χ2n) is 5.11. The molecule has 1 unspecified atom stereocenters. The third kappa shape index (κ3) is 3.51. The number of aryl methyl sites for hydroxylation is 1. The van der Waals surface area contributed by atoms with Crippen LogP contribution in [-0.2, 0) is 9.53 Å². The summed E-state index contributed by atoms with van der Waals surface area (Å²) in [5.74, 6) is 0.153. The molecule has 0 aliphatic carbocycles. The zero-order chi connectivity index (χ0) is 13.1. The molecule has 0 aliphatic rings. The number of aromatic nitrogens is 2. The minimum absolute atomic E-state index is 0.215. The lowest BCUT2D eigenvalue weighted by molar-refractivity contribution is -0.147.